The predicted molar refractivity (Wildman–Crippen MR) is 77.9 cm³/mol. The molecule has 0 aliphatic rings. The number of hydrogen-bond acceptors (Lipinski definition) is 2. The molecule has 0 unspecified atom stereocenters. The minimum atomic E-state index is 1.10. The highest BCUT2D eigenvalue weighted by Gasteiger charge is 1.89. The molecule has 2 aromatic heterocycles. The fourth-order valence-electron chi connectivity index (χ4n) is 1.80. The molecule has 3 heteroatoms. The molecule has 4 rings (SSSR count). The van der Waals surface area contributed by atoms with Crippen molar-refractivity contribution >= 4 is 32.5 Å². The molecule has 2 nitrogen and oxygen atoms in total. The van der Waals surface area contributed by atoms with Crippen LogP contribution in [0.2, 0.25) is 0 Å². The highest BCUT2D eigenvalue weighted by Crippen LogP contribution is 2.15. The number of para-hydroxylation sites is 2. The number of fused-ring (bicyclic) bond motifs is 2. The van der Waals surface area contributed by atoms with Gasteiger partial charge in [0.05, 0.1) is 15.7 Å². The third-order valence-electron chi connectivity index (χ3n) is 2.70. The zero-order valence-electron chi connectivity index (χ0n) is 9.71. The van der Waals surface area contributed by atoms with Gasteiger partial charge in [0.1, 0.15) is 0 Å². The summed E-state index contributed by atoms with van der Waals surface area (Å²) in [5.74, 6) is 0. The summed E-state index contributed by atoms with van der Waals surface area (Å²) in [5.41, 5.74) is 4.17. The normalized spacial score (nSPS) is 10.2. The Kier molecular flexibility index (Phi) is 3.07. The molecule has 18 heavy (non-hydrogen) atoms. The highest BCUT2D eigenvalue weighted by atomic mass is 32.1. The zero-order valence-corrected chi connectivity index (χ0v) is 10.5. The molecule has 2 heterocycles. The molecule has 88 valence electrons. The van der Waals surface area contributed by atoms with Crippen molar-refractivity contribution in [1.29, 1.82) is 0 Å². The van der Waals surface area contributed by atoms with Crippen molar-refractivity contribution < 1.29 is 0 Å². The quantitative estimate of drug-likeness (QED) is 0.491. The minimum absolute atomic E-state index is 1.10. The van der Waals surface area contributed by atoms with E-state index in [2.05, 4.69) is 34.2 Å². The summed E-state index contributed by atoms with van der Waals surface area (Å²) in [6.07, 6.45) is 1.95. The number of aromatic amines is 1. The number of H-pyrrole nitrogens is 1. The summed E-state index contributed by atoms with van der Waals surface area (Å²) < 4.78 is 1.26. The number of rotatable bonds is 0. The molecule has 0 spiro atoms. The van der Waals surface area contributed by atoms with E-state index in [9.17, 15) is 0 Å². The van der Waals surface area contributed by atoms with Crippen molar-refractivity contribution in [2.45, 2.75) is 0 Å². The maximum atomic E-state index is 4.14. The predicted octanol–water partition coefficient (Wildman–Crippen LogP) is 4.46. The maximum Gasteiger partial charge on any atom is 0.0812 e. The molecule has 0 bridgehead atoms. The molecule has 1 N–H and O–H groups in total. The molecule has 0 radical (unpaired) electrons. The molecule has 0 aliphatic heterocycles. The van der Waals surface area contributed by atoms with Crippen LogP contribution in [0.5, 0.6) is 0 Å². The fraction of sp³-hybridized carbons (Fsp3) is 0. The van der Waals surface area contributed by atoms with Gasteiger partial charge in [0.2, 0.25) is 0 Å². The van der Waals surface area contributed by atoms with Gasteiger partial charge in [-0.15, -0.1) is 11.3 Å². The molecule has 0 amide bonds. The van der Waals surface area contributed by atoms with E-state index in [-0.39, 0.29) is 0 Å². The van der Waals surface area contributed by atoms with Crippen molar-refractivity contribution in [2.75, 3.05) is 0 Å². The Balaban J connectivity index is 0.000000111. The SMILES string of the molecule is c1ccc2[nH]ccc2c1.c1ccc2scnc2c1. The van der Waals surface area contributed by atoms with Crippen molar-refractivity contribution in [1.82, 2.24) is 9.97 Å². The van der Waals surface area contributed by atoms with E-state index in [1.54, 1.807) is 11.3 Å². The number of thiazole rings is 1. The molecular formula is C15H12N2S. The van der Waals surface area contributed by atoms with Crippen LogP contribution in [0.4, 0.5) is 0 Å². The summed E-state index contributed by atoms with van der Waals surface area (Å²) in [5, 5.41) is 1.28. The topological polar surface area (TPSA) is 28.7 Å². The van der Waals surface area contributed by atoms with Crippen LogP contribution in [0.15, 0.2) is 66.3 Å². The third-order valence-corrected chi connectivity index (χ3v) is 3.51. The third kappa shape index (κ3) is 2.26. The van der Waals surface area contributed by atoms with Gasteiger partial charge >= 0.3 is 0 Å². The largest absolute Gasteiger partial charge is 0.361 e. The molecule has 0 saturated carbocycles. The van der Waals surface area contributed by atoms with E-state index < -0.39 is 0 Å². The molecule has 0 atom stereocenters. The van der Waals surface area contributed by atoms with E-state index in [1.165, 1.54) is 15.6 Å². The molecule has 2 aromatic carbocycles. The Labute approximate surface area is 109 Å². The van der Waals surface area contributed by atoms with Gasteiger partial charge in [-0.05, 0) is 29.7 Å². The zero-order chi connectivity index (χ0) is 12.2. The lowest BCUT2D eigenvalue weighted by molar-refractivity contribution is 1.48. The van der Waals surface area contributed by atoms with Crippen LogP contribution in [0.3, 0.4) is 0 Å². The van der Waals surface area contributed by atoms with Crippen LogP contribution in [0.25, 0.3) is 21.1 Å². The van der Waals surface area contributed by atoms with Crippen molar-refractivity contribution in [2.24, 2.45) is 0 Å². The van der Waals surface area contributed by atoms with E-state index in [4.69, 9.17) is 0 Å². The number of hydrogen-bond donors (Lipinski definition) is 1. The number of aromatic nitrogens is 2. The van der Waals surface area contributed by atoms with Gasteiger partial charge in [0, 0.05) is 11.7 Å². The Morgan fingerprint density at radius 3 is 2.61 bits per heavy atom. The fourth-order valence-corrected chi connectivity index (χ4v) is 2.48. The summed E-state index contributed by atoms with van der Waals surface area (Å²) in [6, 6.07) is 18.4. The Morgan fingerprint density at radius 1 is 0.889 bits per heavy atom. The first-order valence-electron chi connectivity index (χ1n) is 5.74. The molecule has 0 saturated heterocycles. The monoisotopic (exact) mass is 252 g/mol. The first-order chi connectivity index (χ1) is 8.93. The maximum absolute atomic E-state index is 4.14. The average molecular weight is 252 g/mol. The van der Waals surface area contributed by atoms with Gasteiger partial charge in [-0.25, -0.2) is 4.98 Å². The van der Waals surface area contributed by atoms with E-state index >= 15 is 0 Å². The smallest absolute Gasteiger partial charge is 0.0812 e. The second kappa shape index (κ2) is 5.02. The van der Waals surface area contributed by atoms with Crippen molar-refractivity contribution in [3.05, 3.63) is 66.3 Å². The Hall–Kier alpha value is -2.13. The first kappa shape index (κ1) is 11.0. The van der Waals surface area contributed by atoms with Crippen molar-refractivity contribution in [3.8, 4) is 0 Å². The van der Waals surface area contributed by atoms with Gasteiger partial charge in [0.25, 0.3) is 0 Å². The van der Waals surface area contributed by atoms with Crippen LogP contribution in [-0.4, -0.2) is 9.97 Å². The number of nitrogens with zero attached hydrogens (tertiary/aromatic N) is 1. The van der Waals surface area contributed by atoms with Crippen molar-refractivity contribution in [3.63, 3.8) is 0 Å². The van der Waals surface area contributed by atoms with Gasteiger partial charge in [-0.2, -0.15) is 0 Å². The van der Waals surface area contributed by atoms with E-state index in [1.807, 2.05) is 42.0 Å². The van der Waals surface area contributed by atoms with Gasteiger partial charge in [-0.3, -0.25) is 0 Å². The lowest BCUT2D eigenvalue weighted by atomic mass is 10.3. The molecular weight excluding hydrogens is 240 g/mol. The van der Waals surface area contributed by atoms with Crippen LogP contribution in [-0.2, 0) is 0 Å². The Morgan fingerprint density at radius 2 is 1.72 bits per heavy atom. The summed E-state index contributed by atoms with van der Waals surface area (Å²) in [7, 11) is 0. The second-order valence-corrected chi connectivity index (χ2v) is 4.77. The Bertz CT molecular complexity index is 628. The summed E-state index contributed by atoms with van der Waals surface area (Å²) in [4.78, 5) is 7.26. The first-order valence-corrected chi connectivity index (χ1v) is 6.62. The second-order valence-electron chi connectivity index (χ2n) is 3.89. The van der Waals surface area contributed by atoms with E-state index in [0.29, 0.717) is 0 Å². The summed E-state index contributed by atoms with van der Waals surface area (Å²) in [6.45, 7) is 0. The highest BCUT2D eigenvalue weighted by molar-refractivity contribution is 7.16. The van der Waals surface area contributed by atoms with Crippen LogP contribution in [0, 0.1) is 0 Å². The van der Waals surface area contributed by atoms with Crippen LogP contribution >= 0.6 is 11.3 Å². The minimum Gasteiger partial charge on any atom is -0.361 e. The molecule has 4 aromatic rings. The standard InChI is InChI=1S/C8H7N.C7H5NS/c1-2-4-8-7(3-1)5-6-9-8;1-2-4-7-6(3-1)8-5-9-7/h1-6,9H;1-5H. The number of nitrogens with one attached hydrogen (secondary N) is 1. The van der Waals surface area contributed by atoms with Gasteiger partial charge < -0.3 is 4.98 Å². The lowest BCUT2D eigenvalue weighted by Crippen LogP contribution is -1.61. The number of benzene rings is 2. The molecule has 0 fully saturated rings. The molecule has 0 aliphatic carbocycles. The van der Waals surface area contributed by atoms with Gasteiger partial charge in [-0.1, -0.05) is 30.3 Å². The van der Waals surface area contributed by atoms with Crippen LogP contribution in [0.1, 0.15) is 0 Å². The lowest BCUT2D eigenvalue weighted by Gasteiger charge is -1.83. The van der Waals surface area contributed by atoms with Crippen LogP contribution < -0.4 is 0 Å². The van der Waals surface area contributed by atoms with Gasteiger partial charge in [0.15, 0.2) is 0 Å². The average Bonchev–Trinajstić information content (AvgIpc) is 3.08. The summed E-state index contributed by atoms with van der Waals surface area (Å²) >= 11 is 1.68. The van der Waals surface area contributed by atoms with E-state index in [0.717, 1.165) is 5.52 Å².